The molecule has 2 nitrogen and oxygen atoms in total. The van der Waals surface area contributed by atoms with Gasteiger partial charge in [-0.1, -0.05) is 11.6 Å². The van der Waals surface area contributed by atoms with E-state index in [0.29, 0.717) is 5.02 Å². The van der Waals surface area contributed by atoms with Gasteiger partial charge in [0.05, 0.1) is 12.2 Å². The van der Waals surface area contributed by atoms with Gasteiger partial charge in [0.1, 0.15) is 11.6 Å². The summed E-state index contributed by atoms with van der Waals surface area (Å²) in [6.07, 6.45) is 2.44. The van der Waals surface area contributed by atoms with Crippen LogP contribution < -0.4 is 5.73 Å². The third-order valence-corrected chi connectivity index (χ3v) is 2.67. The molecule has 1 aromatic carbocycles. The highest BCUT2D eigenvalue weighted by Gasteiger charge is 2.17. The van der Waals surface area contributed by atoms with Crippen LogP contribution in [0.1, 0.15) is 17.2 Å². The summed E-state index contributed by atoms with van der Waals surface area (Å²) in [4.78, 5) is 3.61. The van der Waals surface area contributed by atoms with Gasteiger partial charge in [0.25, 0.3) is 0 Å². The van der Waals surface area contributed by atoms with Crippen LogP contribution >= 0.6 is 11.6 Å². The van der Waals surface area contributed by atoms with Crippen molar-refractivity contribution in [2.24, 2.45) is 5.73 Å². The van der Waals surface area contributed by atoms with E-state index in [0.717, 1.165) is 6.20 Å². The third-order valence-electron chi connectivity index (χ3n) is 2.43. The quantitative estimate of drug-likeness (QED) is 0.895. The average molecular weight is 255 g/mol. The SMILES string of the molecule is NC(c1ccncc1F)c1cc(Cl)ccc1F. The second-order valence-corrected chi connectivity index (χ2v) is 3.98. The maximum absolute atomic E-state index is 13.6. The summed E-state index contributed by atoms with van der Waals surface area (Å²) in [5.41, 5.74) is 6.16. The molecule has 1 heterocycles. The smallest absolute Gasteiger partial charge is 0.146 e. The zero-order chi connectivity index (χ0) is 12.4. The normalized spacial score (nSPS) is 12.5. The predicted octanol–water partition coefficient (Wildman–Crippen LogP) is 3.06. The molecule has 0 saturated carbocycles. The van der Waals surface area contributed by atoms with Crippen LogP contribution in [0, 0.1) is 11.6 Å². The van der Waals surface area contributed by atoms with Crippen molar-refractivity contribution >= 4 is 11.6 Å². The van der Waals surface area contributed by atoms with Crippen LogP contribution in [-0.2, 0) is 0 Å². The monoisotopic (exact) mass is 254 g/mol. The van der Waals surface area contributed by atoms with Crippen molar-refractivity contribution < 1.29 is 8.78 Å². The fourth-order valence-electron chi connectivity index (χ4n) is 1.56. The first-order chi connectivity index (χ1) is 8.09. The molecule has 0 bridgehead atoms. The van der Waals surface area contributed by atoms with Gasteiger partial charge in [0, 0.05) is 22.3 Å². The van der Waals surface area contributed by atoms with Gasteiger partial charge in [-0.15, -0.1) is 0 Å². The number of hydrogen-bond donors (Lipinski definition) is 1. The van der Waals surface area contributed by atoms with E-state index in [-0.39, 0.29) is 11.1 Å². The Labute approximate surface area is 102 Å². The lowest BCUT2D eigenvalue weighted by atomic mass is 10.00. The summed E-state index contributed by atoms with van der Waals surface area (Å²) in [6, 6.07) is 4.52. The molecule has 88 valence electrons. The number of hydrogen-bond acceptors (Lipinski definition) is 2. The maximum Gasteiger partial charge on any atom is 0.146 e. The first kappa shape index (κ1) is 12.0. The number of nitrogens with two attached hydrogens (primary N) is 1. The average Bonchev–Trinajstić information content (AvgIpc) is 2.32. The summed E-state index contributed by atoms with van der Waals surface area (Å²) in [6.45, 7) is 0. The van der Waals surface area contributed by atoms with Gasteiger partial charge in [-0.05, 0) is 24.3 Å². The second-order valence-electron chi connectivity index (χ2n) is 3.54. The van der Waals surface area contributed by atoms with Crippen LogP contribution in [0.5, 0.6) is 0 Å². The van der Waals surface area contributed by atoms with Gasteiger partial charge in [-0.2, -0.15) is 0 Å². The van der Waals surface area contributed by atoms with E-state index in [9.17, 15) is 8.78 Å². The highest BCUT2D eigenvalue weighted by Crippen LogP contribution is 2.26. The van der Waals surface area contributed by atoms with E-state index >= 15 is 0 Å². The van der Waals surface area contributed by atoms with Gasteiger partial charge in [0.2, 0.25) is 0 Å². The largest absolute Gasteiger partial charge is 0.320 e. The predicted molar refractivity (Wildman–Crippen MR) is 61.6 cm³/mol. The molecular weight excluding hydrogens is 246 g/mol. The lowest BCUT2D eigenvalue weighted by Crippen LogP contribution is -2.15. The summed E-state index contributed by atoms with van der Waals surface area (Å²) < 4.78 is 27.0. The molecule has 0 radical (unpaired) electrons. The fourth-order valence-corrected chi connectivity index (χ4v) is 1.74. The standard InChI is InChI=1S/C12H9ClF2N2/c13-7-1-2-10(14)9(5-7)12(16)8-3-4-17-6-11(8)15/h1-6,12H,16H2. The van der Waals surface area contributed by atoms with Gasteiger partial charge in [-0.3, -0.25) is 4.98 Å². The van der Waals surface area contributed by atoms with Gasteiger partial charge < -0.3 is 5.73 Å². The first-order valence-corrected chi connectivity index (χ1v) is 5.27. The molecule has 2 rings (SSSR count). The summed E-state index contributed by atoms with van der Waals surface area (Å²) in [5, 5.41) is 0.353. The fraction of sp³-hybridized carbons (Fsp3) is 0.0833. The molecule has 1 unspecified atom stereocenters. The molecule has 0 spiro atoms. The minimum Gasteiger partial charge on any atom is -0.320 e. The number of halogens is 3. The summed E-state index contributed by atoms with van der Waals surface area (Å²) in [7, 11) is 0. The Hall–Kier alpha value is -1.52. The van der Waals surface area contributed by atoms with E-state index in [2.05, 4.69) is 4.98 Å². The van der Waals surface area contributed by atoms with Crippen molar-refractivity contribution in [3.05, 3.63) is 64.4 Å². The van der Waals surface area contributed by atoms with Crippen molar-refractivity contribution in [3.8, 4) is 0 Å². The van der Waals surface area contributed by atoms with Gasteiger partial charge in [-0.25, -0.2) is 8.78 Å². The molecule has 5 heteroatoms. The maximum atomic E-state index is 13.6. The Morgan fingerprint density at radius 2 is 1.88 bits per heavy atom. The molecule has 0 amide bonds. The highest BCUT2D eigenvalue weighted by atomic mass is 35.5. The Bertz CT molecular complexity index is 546. The minimum absolute atomic E-state index is 0.155. The molecule has 0 aliphatic rings. The van der Waals surface area contributed by atoms with Crippen LogP contribution in [0.25, 0.3) is 0 Å². The molecule has 2 aromatic rings. The van der Waals surface area contributed by atoms with E-state index in [1.54, 1.807) is 0 Å². The van der Waals surface area contributed by atoms with Crippen LogP contribution in [0.4, 0.5) is 8.78 Å². The van der Waals surface area contributed by atoms with Crippen LogP contribution in [0.3, 0.4) is 0 Å². The third kappa shape index (κ3) is 2.43. The number of benzene rings is 1. The molecule has 0 aliphatic heterocycles. The Morgan fingerprint density at radius 1 is 1.12 bits per heavy atom. The molecule has 0 fully saturated rings. The lowest BCUT2D eigenvalue weighted by Gasteiger charge is -2.14. The zero-order valence-electron chi connectivity index (χ0n) is 8.70. The highest BCUT2D eigenvalue weighted by molar-refractivity contribution is 6.30. The molecule has 0 saturated heterocycles. The van der Waals surface area contributed by atoms with Crippen molar-refractivity contribution in [2.45, 2.75) is 6.04 Å². The second kappa shape index (κ2) is 4.77. The Kier molecular flexibility index (Phi) is 3.36. The van der Waals surface area contributed by atoms with Crippen LogP contribution in [0.15, 0.2) is 36.7 Å². The number of pyridine rings is 1. The summed E-state index contributed by atoms with van der Waals surface area (Å²) in [5.74, 6) is -1.09. The van der Waals surface area contributed by atoms with Crippen LogP contribution in [-0.4, -0.2) is 4.98 Å². The zero-order valence-corrected chi connectivity index (χ0v) is 9.46. The Morgan fingerprint density at radius 3 is 2.59 bits per heavy atom. The molecule has 0 aliphatic carbocycles. The van der Waals surface area contributed by atoms with E-state index in [1.165, 1.54) is 30.5 Å². The van der Waals surface area contributed by atoms with Crippen molar-refractivity contribution in [1.29, 1.82) is 0 Å². The summed E-state index contributed by atoms with van der Waals surface area (Å²) >= 11 is 5.76. The van der Waals surface area contributed by atoms with Gasteiger partial charge >= 0.3 is 0 Å². The van der Waals surface area contributed by atoms with Crippen molar-refractivity contribution in [2.75, 3.05) is 0 Å². The number of aromatic nitrogens is 1. The van der Waals surface area contributed by atoms with E-state index in [1.807, 2.05) is 0 Å². The molecule has 1 atom stereocenters. The lowest BCUT2D eigenvalue weighted by molar-refractivity contribution is 0.572. The van der Waals surface area contributed by atoms with Crippen molar-refractivity contribution in [1.82, 2.24) is 4.98 Å². The molecule has 2 N–H and O–H groups in total. The number of rotatable bonds is 2. The molecule has 1 aromatic heterocycles. The Balaban J connectivity index is 2.47. The van der Waals surface area contributed by atoms with E-state index < -0.39 is 17.7 Å². The first-order valence-electron chi connectivity index (χ1n) is 4.89. The van der Waals surface area contributed by atoms with Gasteiger partial charge in [0.15, 0.2) is 0 Å². The van der Waals surface area contributed by atoms with Crippen LogP contribution in [0.2, 0.25) is 5.02 Å². The minimum atomic E-state index is -0.906. The van der Waals surface area contributed by atoms with E-state index in [4.69, 9.17) is 17.3 Å². The topological polar surface area (TPSA) is 38.9 Å². The molecule has 17 heavy (non-hydrogen) atoms. The van der Waals surface area contributed by atoms with Crippen molar-refractivity contribution in [3.63, 3.8) is 0 Å². The number of nitrogens with zero attached hydrogens (tertiary/aromatic N) is 1. The molecular formula is C12H9ClF2N2.